The molecule has 0 aliphatic carbocycles. The van der Waals surface area contributed by atoms with Gasteiger partial charge in [0.15, 0.2) is 0 Å². The smallest absolute Gasteiger partial charge is 0.248 e. The van der Waals surface area contributed by atoms with E-state index in [0.29, 0.717) is 11.5 Å². The van der Waals surface area contributed by atoms with Gasteiger partial charge in [-0.05, 0) is 42.0 Å². The van der Waals surface area contributed by atoms with Crippen molar-refractivity contribution < 1.29 is 9.53 Å². The Kier molecular flexibility index (Phi) is 4.38. The van der Waals surface area contributed by atoms with Gasteiger partial charge >= 0.3 is 0 Å². The lowest BCUT2D eigenvalue weighted by Gasteiger charge is -2.07. The second-order valence-corrected chi connectivity index (χ2v) is 5.09. The van der Waals surface area contributed by atoms with E-state index in [1.807, 2.05) is 24.3 Å². The van der Waals surface area contributed by atoms with Crippen molar-refractivity contribution in [2.24, 2.45) is 5.73 Å². The van der Waals surface area contributed by atoms with Gasteiger partial charge in [0.25, 0.3) is 0 Å². The molecule has 0 aliphatic heterocycles. The van der Waals surface area contributed by atoms with Gasteiger partial charge in [0, 0.05) is 29.2 Å². The quantitative estimate of drug-likeness (QED) is 0.754. The van der Waals surface area contributed by atoms with Crippen molar-refractivity contribution in [1.82, 2.24) is 9.97 Å². The van der Waals surface area contributed by atoms with Crippen molar-refractivity contribution in [2.75, 3.05) is 12.4 Å². The second-order valence-electron chi connectivity index (χ2n) is 5.09. The molecule has 3 aromatic rings. The first kappa shape index (κ1) is 15.5. The van der Waals surface area contributed by atoms with Crippen LogP contribution in [0.25, 0.3) is 11.1 Å². The second kappa shape index (κ2) is 6.78. The third kappa shape index (κ3) is 3.49. The highest BCUT2D eigenvalue weighted by atomic mass is 16.5. The number of rotatable bonds is 5. The third-order valence-corrected chi connectivity index (χ3v) is 3.50. The van der Waals surface area contributed by atoms with E-state index in [2.05, 4.69) is 15.3 Å². The van der Waals surface area contributed by atoms with E-state index < -0.39 is 5.91 Å². The topological polar surface area (TPSA) is 90.1 Å². The number of hydrogen-bond donors (Lipinski definition) is 2. The summed E-state index contributed by atoms with van der Waals surface area (Å²) in [6.07, 6.45) is 3.49. The number of methoxy groups -OCH3 is 1. The molecule has 3 rings (SSSR count). The van der Waals surface area contributed by atoms with Gasteiger partial charge in [-0.25, -0.2) is 9.97 Å². The number of carbonyl (C=O) groups is 1. The Balaban J connectivity index is 1.72. The van der Waals surface area contributed by atoms with Crippen molar-refractivity contribution in [1.29, 1.82) is 0 Å². The average Bonchev–Trinajstić information content (AvgIpc) is 2.63. The maximum Gasteiger partial charge on any atom is 0.248 e. The standard InChI is InChI=1S/C18H16N4O2/c1-24-16-8-4-12(5-9-16)14-10-20-18(21-11-14)22-15-6-2-13(3-7-15)17(19)23/h2-11H,1H3,(H2,19,23)(H,20,21,22). The molecule has 0 atom stereocenters. The maximum atomic E-state index is 11.1. The van der Waals surface area contributed by atoms with E-state index in [1.165, 1.54) is 0 Å². The molecule has 0 saturated heterocycles. The number of amides is 1. The van der Waals surface area contributed by atoms with Crippen LogP contribution in [0.4, 0.5) is 11.6 Å². The van der Waals surface area contributed by atoms with E-state index in [1.54, 1.807) is 43.8 Å². The molecule has 120 valence electrons. The molecule has 1 amide bonds. The molecule has 6 nitrogen and oxygen atoms in total. The van der Waals surface area contributed by atoms with E-state index >= 15 is 0 Å². The molecule has 24 heavy (non-hydrogen) atoms. The zero-order valence-electron chi connectivity index (χ0n) is 13.1. The van der Waals surface area contributed by atoms with Crippen molar-refractivity contribution in [2.45, 2.75) is 0 Å². The number of benzene rings is 2. The Morgan fingerprint density at radius 3 is 2.12 bits per heavy atom. The number of ether oxygens (including phenoxy) is 1. The van der Waals surface area contributed by atoms with Crippen molar-refractivity contribution in [3.05, 3.63) is 66.5 Å². The highest BCUT2D eigenvalue weighted by Crippen LogP contribution is 2.22. The van der Waals surface area contributed by atoms with E-state index in [-0.39, 0.29) is 0 Å². The summed E-state index contributed by atoms with van der Waals surface area (Å²) in [6, 6.07) is 14.5. The monoisotopic (exact) mass is 320 g/mol. The zero-order valence-corrected chi connectivity index (χ0v) is 13.1. The van der Waals surface area contributed by atoms with Gasteiger partial charge in [-0.1, -0.05) is 12.1 Å². The summed E-state index contributed by atoms with van der Waals surface area (Å²) in [5, 5.41) is 3.07. The average molecular weight is 320 g/mol. The van der Waals surface area contributed by atoms with E-state index in [0.717, 1.165) is 22.6 Å². The van der Waals surface area contributed by atoms with E-state index in [9.17, 15) is 4.79 Å². The Morgan fingerprint density at radius 2 is 1.58 bits per heavy atom. The first-order chi connectivity index (χ1) is 11.7. The van der Waals surface area contributed by atoms with Crippen LogP contribution >= 0.6 is 0 Å². The highest BCUT2D eigenvalue weighted by molar-refractivity contribution is 5.93. The van der Waals surface area contributed by atoms with E-state index in [4.69, 9.17) is 10.5 Å². The minimum atomic E-state index is -0.457. The molecule has 6 heteroatoms. The van der Waals surface area contributed by atoms with Crippen LogP contribution < -0.4 is 15.8 Å². The summed E-state index contributed by atoms with van der Waals surface area (Å²) in [5.74, 6) is 0.818. The number of hydrogen-bond acceptors (Lipinski definition) is 5. The van der Waals surface area contributed by atoms with Crippen LogP contribution in [-0.4, -0.2) is 23.0 Å². The predicted octanol–water partition coefficient (Wildman–Crippen LogP) is 2.99. The molecule has 0 spiro atoms. The minimum absolute atomic E-state index is 0.455. The number of anilines is 2. The lowest BCUT2D eigenvalue weighted by Crippen LogP contribution is -2.10. The molecular weight excluding hydrogens is 304 g/mol. The van der Waals surface area contributed by atoms with Gasteiger partial charge in [-0.3, -0.25) is 4.79 Å². The molecule has 0 unspecified atom stereocenters. The van der Waals surface area contributed by atoms with Crippen molar-refractivity contribution in [3.63, 3.8) is 0 Å². The van der Waals surface area contributed by atoms with Crippen LogP contribution in [0.15, 0.2) is 60.9 Å². The summed E-state index contributed by atoms with van der Waals surface area (Å²) in [6.45, 7) is 0. The summed E-state index contributed by atoms with van der Waals surface area (Å²) >= 11 is 0. The van der Waals surface area contributed by atoms with Gasteiger partial charge in [-0.2, -0.15) is 0 Å². The minimum Gasteiger partial charge on any atom is -0.497 e. The van der Waals surface area contributed by atoms with Crippen LogP contribution in [-0.2, 0) is 0 Å². The molecule has 1 heterocycles. The fourth-order valence-corrected chi connectivity index (χ4v) is 2.17. The summed E-state index contributed by atoms with van der Waals surface area (Å²) < 4.78 is 5.14. The molecule has 0 aliphatic rings. The number of carbonyl (C=O) groups excluding carboxylic acids is 1. The van der Waals surface area contributed by atoms with Crippen LogP contribution in [0, 0.1) is 0 Å². The van der Waals surface area contributed by atoms with Crippen molar-refractivity contribution in [3.8, 4) is 16.9 Å². The summed E-state index contributed by atoms with van der Waals surface area (Å²) in [4.78, 5) is 19.7. The fraction of sp³-hybridized carbons (Fsp3) is 0.0556. The number of aromatic nitrogens is 2. The maximum absolute atomic E-state index is 11.1. The zero-order chi connectivity index (χ0) is 16.9. The summed E-state index contributed by atoms with van der Waals surface area (Å²) in [5.41, 5.74) is 8.36. The fourth-order valence-electron chi connectivity index (χ4n) is 2.17. The van der Waals surface area contributed by atoms with Gasteiger partial charge in [0.2, 0.25) is 11.9 Å². The molecule has 1 aromatic heterocycles. The Bertz CT molecular complexity index is 828. The number of nitrogens with two attached hydrogens (primary N) is 1. The molecule has 0 fully saturated rings. The normalized spacial score (nSPS) is 10.2. The molecule has 0 saturated carbocycles. The lowest BCUT2D eigenvalue weighted by atomic mass is 10.1. The van der Waals surface area contributed by atoms with Crippen molar-refractivity contribution >= 4 is 17.5 Å². The number of nitrogens with one attached hydrogen (secondary N) is 1. The molecule has 2 aromatic carbocycles. The number of primary amides is 1. The Morgan fingerprint density at radius 1 is 0.958 bits per heavy atom. The van der Waals surface area contributed by atoms with Crippen LogP contribution in [0.3, 0.4) is 0 Å². The van der Waals surface area contributed by atoms with Gasteiger partial charge < -0.3 is 15.8 Å². The molecule has 3 N–H and O–H groups in total. The first-order valence-electron chi connectivity index (χ1n) is 7.29. The van der Waals surface area contributed by atoms with Crippen LogP contribution in [0.5, 0.6) is 5.75 Å². The Labute approximate surface area is 139 Å². The predicted molar refractivity (Wildman–Crippen MR) is 92.3 cm³/mol. The van der Waals surface area contributed by atoms with Gasteiger partial charge in [0.1, 0.15) is 5.75 Å². The number of nitrogens with zero attached hydrogens (tertiary/aromatic N) is 2. The highest BCUT2D eigenvalue weighted by Gasteiger charge is 2.03. The third-order valence-electron chi connectivity index (χ3n) is 3.50. The van der Waals surface area contributed by atoms with Crippen LogP contribution in [0.1, 0.15) is 10.4 Å². The van der Waals surface area contributed by atoms with Gasteiger partial charge in [0.05, 0.1) is 7.11 Å². The van der Waals surface area contributed by atoms with Gasteiger partial charge in [-0.15, -0.1) is 0 Å². The SMILES string of the molecule is COc1ccc(-c2cnc(Nc3ccc(C(N)=O)cc3)nc2)cc1. The molecule has 0 bridgehead atoms. The molecule has 0 radical (unpaired) electrons. The molecular formula is C18H16N4O2. The summed E-state index contributed by atoms with van der Waals surface area (Å²) in [7, 11) is 1.63. The Hall–Kier alpha value is -3.41. The lowest BCUT2D eigenvalue weighted by molar-refractivity contribution is 0.100. The largest absolute Gasteiger partial charge is 0.497 e. The van der Waals surface area contributed by atoms with Crippen LogP contribution in [0.2, 0.25) is 0 Å². The first-order valence-corrected chi connectivity index (χ1v) is 7.29.